The van der Waals surface area contributed by atoms with Crippen molar-refractivity contribution in [1.82, 2.24) is 10.7 Å². The Morgan fingerprint density at radius 2 is 1.59 bits per heavy atom. The SMILES string of the molecule is [O-]N(O)C1=CC(=[N+]([O-])[O-])C=CC1=CC=c1ccccc1=CNNc1ccccc1. The second kappa shape index (κ2) is 9.27. The quantitative estimate of drug-likeness (QED) is 0.526. The van der Waals surface area contributed by atoms with Crippen molar-refractivity contribution >= 4 is 23.7 Å². The van der Waals surface area contributed by atoms with Gasteiger partial charge in [0.2, 0.25) is 5.71 Å². The predicted molar refractivity (Wildman–Crippen MR) is 112 cm³/mol. The Bertz CT molecular complexity index is 1100. The highest BCUT2D eigenvalue weighted by Crippen LogP contribution is 2.19. The fraction of sp³-hybridized carbons (Fsp3) is 0. The molecule has 1 aliphatic carbocycles. The molecule has 3 N–H and O–H groups in total. The maximum absolute atomic E-state index is 11.4. The lowest BCUT2D eigenvalue weighted by Gasteiger charge is -2.27. The van der Waals surface area contributed by atoms with Crippen molar-refractivity contribution in [3.05, 3.63) is 116 Å². The molecule has 1 aliphatic rings. The summed E-state index contributed by atoms with van der Waals surface area (Å²) in [5.41, 5.74) is 6.85. The monoisotopic (exact) mass is 390 g/mol. The van der Waals surface area contributed by atoms with Crippen LogP contribution in [0.3, 0.4) is 0 Å². The largest absolute Gasteiger partial charge is 0.733 e. The summed E-state index contributed by atoms with van der Waals surface area (Å²) in [5.74, 6) is 0. The van der Waals surface area contributed by atoms with Gasteiger partial charge in [0.15, 0.2) is 0 Å². The van der Waals surface area contributed by atoms with Crippen LogP contribution >= 0.6 is 0 Å². The van der Waals surface area contributed by atoms with Gasteiger partial charge in [0.05, 0.1) is 11.4 Å². The van der Waals surface area contributed by atoms with Gasteiger partial charge < -0.3 is 31.7 Å². The lowest BCUT2D eigenvalue weighted by molar-refractivity contribution is -0.377. The lowest BCUT2D eigenvalue weighted by Crippen LogP contribution is -2.28. The van der Waals surface area contributed by atoms with Crippen molar-refractivity contribution in [1.29, 1.82) is 0 Å². The van der Waals surface area contributed by atoms with Crippen molar-refractivity contribution in [2.24, 2.45) is 0 Å². The summed E-state index contributed by atoms with van der Waals surface area (Å²) < 4.78 is 0. The van der Waals surface area contributed by atoms with Crippen LogP contribution in [0.5, 0.6) is 0 Å². The number of anilines is 1. The molecule has 29 heavy (non-hydrogen) atoms. The summed E-state index contributed by atoms with van der Waals surface area (Å²) in [5, 5.41) is 43.8. The molecule has 2 aromatic carbocycles. The van der Waals surface area contributed by atoms with Crippen LogP contribution in [0.15, 0.2) is 90.2 Å². The molecule has 0 heterocycles. The zero-order valence-electron chi connectivity index (χ0n) is 15.2. The summed E-state index contributed by atoms with van der Waals surface area (Å²) in [6.45, 7) is 0. The van der Waals surface area contributed by atoms with Crippen LogP contribution < -0.4 is 21.3 Å². The first-order valence-electron chi connectivity index (χ1n) is 8.66. The van der Waals surface area contributed by atoms with E-state index in [0.717, 1.165) is 22.2 Å². The van der Waals surface area contributed by atoms with E-state index in [9.17, 15) is 20.8 Å². The Balaban J connectivity index is 1.89. The van der Waals surface area contributed by atoms with Crippen LogP contribution in [0.4, 0.5) is 5.69 Å². The number of hydrogen-bond acceptors (Lipinski definition) is 7. The van der Waals surface area contributed by atoms with Crippen molar-refractivity contribution < 1.29 is 10.1 Å². The van der Waals surface area contributed by atoms with E-state index >= 15 is 0 Å². The van der Waals surface area contributed by atoms with Crippen LogP contribution in [0.25, 0.3) is 12.3 Å². The van der Waals surface area contributed by atoms with Crippen molar-refractivity contribution in [2.45, 2.75) is 0 Å². The van der Waals surface area contributed by atoms with Crippen LogP contribution in [0, 0.1) is 15.6 Å². The minimum Gasteiger partial charge on any atom is -0.733 e. The molecule has 8 heteroatoms. The smallest absolute Gasteiger partial charge is 0.224 e. The molecule has 0 fully saturated rings. The molecular formula is C21H18N4O4-2. The summed E-state index contributed by atoms with van der Waals surface area (Å²) >= 11 is 0. The third kappa shape index (κ3) is 5.25. The second-order valence-electron chi connectivity index (χ2n) is 6.02. The van der Waals surface area contributed by atoms with E-state index in [-0.39, 0.29) is 16.6 Å². The molecule has 0 radical (unpaired) electrons. The third-order valence-electron chi connectivity index (χ3n) is 4.09. The van der Waals surface area contributed by atoms with Crippen LogP contribution in [0.2, 0.25) is 0 Å². The maximum atomic E-state index is 11.4. The highest BCUT2D eigenvalue weighted by Gasteiger charge is 2.12. The van der Waals surface area contributed by atoms with E-state index in [1.165, 1.54) is 12.2 Å². The number of hydrogen-bond donors (Lipinski definition) is 3. The molecule has 0 saturated carbocycles. The van der Waals surface area contributed by atoms with Gasteiger partial charge in [-0.15, -0.1) is 0 Å². The van der Waals surface area contributed by atoms with Gasteiger partial charge in [-0.05, 0) is 34.2 Å². The Labute approximate surface area is 166 Å². The van der Waals surface area contributed by atoms with E-state index in [2.05, 4.69) is 10.9 Å². The van der Waals surface area contributed by atoms with E-state index in [1.54, 1.807) is 18.4 Å². The first kappa shape index (κ1) is 19.7. The zero-order chi connectivity index (χ0) is 20.6. The number of benzene rings is 2. The van der Waals surface area contributed by atoms with Crippen LogP contribution in [0.1, 0.15) is 0 Å². The van der Waals surface area contributed by atoms with Gasteiger partial charge in [0.1, 0.15) is 0 Å². The number of rotatable bonds is 5. The summed E-state index contributed by atoms with van der Waals surface area (Å²) in [6.07, 6.45) is 8.86. The van der Waals surface area contributed by atoms with E-state index < -0.39 is 4.90 Å². The molecular weight excluding hydrogens is 372 g/mol. The molecule has 3 rings (SSSR count). The number of hydroxylamine groups is 2. The van der Waals surface area contributed by atoms with Crippen molar-refractivity contribution in [3.8, 4) is 0 Å². The molecule has 8 nitrogen and oxygen atoms in total. The van der Waals surface area contributed by atoms with Crippen molar-refractivity contribution in [3.63, 3.8) is 0 Å². The minimum atomic E-state index is -0.629. The fourth-order valence-electron chi connectivity index (χ4n) is 2.64. The summed E-state index contributed by atoms with van der Waals surface area (Å²) in [4.78, 5) is -0.629. The number of nitrogens with zero attached hydrogens (tertiary/aromatic N) is 2. The van der Waals surface area contributed by atoms with Gasteiger partial charge in [0.25, 0.3) is 0 Å². The van der Waals surface area contributed by atoms with Crippen molar-refractivity contribution in [2.75, 3.05) is 5.43 Å². The fourth-order valence-corrected chi connectivity index (χ4v) is 2.64. The number of hydrazine groups is 1. The molecule has 0 aromatic heterocycles. The van der Waals surface area contributed by atoms with Gasteiger partial charge >= 0.3 is 0 Å². The normalized spacial score (nSPS) is 16.0. The Kier molecular flexibility index (Phi) is 6.31. The van der Waals surface area contributed by atoms with Gasteiger partial charge in [-0.3, -0.25) is 5.21 Å². The predicted octanol–water partition coefficient (Wildman–Crippen LogP) is 1.84. The van der Waals surface area contributed by atoms with Gasteiger partial charge in [0, 0.05) is 18.4 Å². The number of nitrogens with one attached hydrogen (secondary N) is 2. The summed E-state index contributed by atoms with van der Waals surface area (Å²) in [6, 6.07) is 17.1. The Morgan fingerprint density at radius 1 is 0.897 bits per heavy atom. The lowest BCUT2D eigenvalue weighted by atomic mass is 10.0. The second-order valence-corrected chi connectivity index (χ2v) is 6.02. The maximum Gasteiger partial charge on any atom is 0.224 e. The molecule has 148 valence electrons. The van der Waals surface area contributed by atoms with E-state index in [1.807, 2.05) is 54.6 Å². The molecule has 2 aromatic rings. The Morgan fingerprint density at radius 3 is 2.28 bits per heavy atom. The molecule has 0 unspecified atom stereocenters. The standard InChI is InChI=1S/C21H18N4O4/c26-24(27)20-13-12-17(21(14-20)25(28)29)11-10-16-6-4-5-7-18(16)15-22-23-19-8-2-1-3-9-19/h1-15,22-23,28H/q-2. The van der Waals surface area contributed by atoms with Gasteiger partial charge in [-0.2, -0.15) is 4.90 Å². The third-order valence-corrected chi connectivity index (χ3v) is 4.09. The molecule has 0 spiro atoms. The van der Waals surface area contributed by atoms with Gasteiger partial charge in [-0.25, -0.2) is 0 Å². The first-order chi connectivity index (χ1) is 14.0. The van der Waals surface area contributed by atoms with Crippen LogP contribution in [-0.4, -0.2) is 21.0 Å². The van der Waals surface area contributed by atoms with E-state index in [0.29, 0.717) is 5.57 Å². The minimum absolute atomic E-state index is 0.208. The zero-order valence-corrected chi connectivity index (χ0v) is 15.2. The van der Waals surface area contributed by atoms with E-state index in [4.69, 9.17) is 0 Å². The molecule has 0 saturated heterocycles. The molecule has 0 atom stereocenters. The number of para-hydroxylation sites is 1. The Hall–Kier alpha value is -4.01. The highest BCUT2D eigenvalue weighted by molar-refractivity contribution is 6.03. The number of allylic oxidation sites excluding steroid dienone is 4. The molecule has 0 amide bonds. The average Bonchev–Trinajstić information content (AvgIpc) is 2.73. The van der Waals surface area contributed by atoms with Crippen LogP contribution in [-0.2, 0) is 0 Å². The average molecular weight is 390 g/mol. The summed E-state index contributed by atoms with van der Waals surface area (Å²) in [7, 11) is 0. The highest BCUT2D eigenvalue weighted by atomic mass is 16.8. The molecule has 0 bridgehead atoms. The van der Waals surface area contributed by atoms with Gasteiger partial charge in [-0.1, -0.05) is 54.6 Å². The first-order valence-corrected chi connectivity index (χ1v) is 8.66. The topological polar surface area (TPSA) is 120 Å². The molecule has 0 aliphatic heterocycles.